The molecule has 0 saturated carbocycles. The predicted octanol–water partition coefficient (Wildman–Crippen LogP) is 0.784. The normalized spacial score (nSPS) is 18.2. The lowest BCUT2D eigenvalue weighted by molar-refractivity contribution is -0.131. The fraction of sp³-hybridized carbons (Fsp3) is 0.526. The van der Waals surface area contributed by atoms with E-state index < -0.39 is 0 Å². The van der Waals surface area contributed by atoms with Crippen LogP contribution in [0.5, 0.6) is 0 Å². The minimum atomic E-state index is -0.0717. The molecule has 0 unspecified atom stereocenters. The van der Waals surface area contributed by atoms with Crippen LogP contribution in [-0.2, 0) is 11.3 Å². The standard InChI is InChI=1S/C19H26N6O2/c26-18(23-6-3-4-7-23)15-22-9-11-24(12-10-22)19(27)20-13-16-14-25-8-2-1-5-17(25)21-16/h1-2,5,8,14H,3-4,6-7,9-13,15H2,(H,20,27). The topological polar surface area (TPSA) is 73.2 Å². The molecule has 4 heterocycles. The molecule has 2 aromatic heterocycles. The minimum Gasteiger partial charge on any atom is -0.342 e. The maximum absolute atomic E-state index is 12.4. The molecule has 2 aromatic rings. The van der Waals surface area contributed by atoms with Crippen LogP contribution >= 0.6 is 0 Å². The van der Waals surface area contributed by atoms with Crippen molar-refractivity contribution < 1.29 is 9.59 Å². The van der Waals surface area contributed by atoms with Crippen molar-refractivity contribution in [3.63, 3.8) is 0 Å². The van der Waals surface area contributed by atoms with Crippen LogP contribution in [0.1, 0.15) is 18.5 Å². The summed E-state index contributed by atoms with van der Waals surface area (Å²) in [7, 11) is 0. The number of carbonyl (C=O) groups is 2. The second-order valence-electron chi connectivity index (χ2n) is 7.21. The van der Waals surface area contributed by atoms with Crippen LogP contribution < -0.4 is 5.32 Å². The van der Waals surface area contributed by atoms with E-state index in [1.165, 1.54) is 0 Å². The number of urea groups is 1. The van der Waals surface area contributed by atoms with Gasteiger partial charge in [-0.1, -0.05) is 6.07 Å². The Hall–Kier alpha value is -2.61. The number of nitrogens with zero attached hydrogens (tertiary/aromatic N) is 5. The van der Waals surface area contributed by atoms with Crippen LogP contribution in [0.25, 0.3) is 5.65 Å². The van der Waals surface area contributed by atoms with Crippen molar-refractivity contribution in [1.29, 1.82) is 0 Å². The molecule has 144 valence electrons. The van der Waals surface area contributed by atoms with Crippen LogP contribution in [0.3, 0.4) is 0 Å². The average Bonchev–Trinajstić information content (AvgIpc) is 3.36. The molecule has 0 radical (unpaired) electrons. The summed E-state index contributed by atoms with van der Waals surface area (Å²) in [5, 5.41) is 2.95. The van der Waals surface area contributed by atoms with Gasteiger partial charge in [0.15, 0.2) is 0 Å². The van der Waals surface area contributed by atoms with Crippen molar-refractivity contribution in [3.05, 3.63) is 36.3 Å². The van der Waals surface area contributed by atoms with Crippen molar-refractivity contribution in [3.8, 4) is 0 Å². The van der Waals surface area contributed by atoms with E-state index in [0.717, 1.165) is 50.4 Å². The van der Waals surface area contributed by atoms with E-state index in [0.29, 0.717) is 26.2 Å². The summed E-state index contributed by atoms with van der Waals surface area (Å²) < 4.78 is 1.94. The molecule has 3 amide bonds. The first-order valence-corrected chi connectivity index (χ1v) is 9.64. The van der Waals surface area contributed by atoms with Crippen molar-refractivity contribution in [2.45, 2.75) is 19.4 Å². The van der Waals surface area contributed by atoms with Crippen LogP contribution in [0.4, 0.5) is 4.79 Å². The number of imidazole rings is 1. The van der Waals surface area contributed by atoms with Gasteiger partial charge >= 0.3 is 6.03 Å². The number of pyridine rings is 1. The number of rotatable bonds is 4. The maximum atomic E-state index is 12.4. The Labute approximate surface area is 158 Å². The van der Waals surface area contributed by atoms with Crippen molar-refractivity contribution >= 4 is 17.6 Å². The van der Waals surface area contributed by atoms with E-state index in [-0.39, 0.29) is 11.9 Å². The smallest absolute Gasteiger partial charge is 0.317 e. The molecule has 2 saturated heterocycles. The van der Waals surface area contributed by atoms with Crippen molar-refractivity contribution in [1.82, 2.24) is 29.4 Å². The Morgan fingerprint density at radius 2 is 1.78 bits per heavy atom. The fourth-order valence-corrected chi connectivity index (χ4v) is 3.72. The zero-order chi connectivity index (χ0) is 18.6. The fourth-order valence-electron chi connectivity index (χ4n) is 3.72. The zero-order valence-corrected chi connectivity index (χ0v) is 15.5. The van der Waals surface area contributed by atoms with Gasteiger partial charge < -0.3 is 19.5 Å². The summed E-state index contributed by atoms with van der Waals surface area (Å²) in [5.74, 6) is 0.220. The molecule has 8 heteroatoms. The number of piperazine rings is 1. The number of likely N-dealkylation sites (tertiary alicyclic amines) is 1. The molecule has 0 aliphatic carbocycles. The lowest BCUT2D eigenvalue weighted by Crippen LogP contribution is -2.53. The van der Waals surface area contributed by atoms with Crippen LogP contribution in [0, 0.1) is 0 Å². The summed E-state index contributed by atoms with van der Waals surface area (Å²) >= 11 is 0. The molecule has 0 aromatic carbocycles. The van der Waals surface area contributed by atoms with Gasteiger partial charge in [-0.25, -0.2) is 9.78 Å². The molecular weight excluding hydrogens is 344 g/mol. The van der Waals surface area contributed by atoms with Gasteiger partial charge in [-0.2, -0.15) is 0 Å². The molecule has 2 fully saturated rings. The second-order valence-corrected chi connectivity index (χ2v) is 7.21. The maximum Gasteiger partial charge on any atom is 0.317 e. The van der Waals surface area contributed by atoms with Crippen molar-refractivity contribution in [2.24, 2.45) is 0 Å². The number of amides is 3. The Morgan fingerprint density at radius 1 is 1.00 bits per heavy atom. The molecule has 2 aliphatic heterocycles. The monoisotopic (exact) mass is 370 g/mol. The first-order valence-electron chi connectivity index (χ1n) is 9.64. The number of carbonyl (C=O) groups excluding carboxylic acids is 2. The summed E-state index contributed by atoms with van der Waals surface area (Å²) in [5.41, 5.74) is 1.71. The summed E-state index contributed by atoms with van der Waals surface area (Å²) in [6.07, 6.45) is 6.10. The van der Waals surface area contributed by atoms with Crippen molar-refractivity contribution in [2.75, 3.05) is 45.8 Å². The molecule has 0 spiro atoms. The number of fused-ring (bicyclic) bond motifs is 1. The number of nitrogens with one attached hydrogen (secondary N) is 1. The third-order valence-electron chi connectivity index (χ3n) is 5.31. The zero-order valence-electron chi connectivity index (χ0n) is 15.5. The Bertz CT molecular complexity index is 772. The molecule has 4 rings (SSSR count). The van der Waals surface area contributed by atoms with E-state index in [4.69, 9.17) is 0 Å². The highest BCUT2D eigenvalue weighted by Crippen LogP contribution is 2.10. The Kier molecular flexibility index (Phi) is 5.24. The lowest BCUT2D eigenvalue weighted by Gasteiger charge is -2.34. The van der Waals surface area contributed by atoms with Gasteiger partial charge in [-0.05, 0) is 25.0 Å². The van der Waals surface area contributed by atoms with Gasteiger partial charge in [0.25, 0.3) is 0 Å². The first kappa shape index (κ1) is 17.8. The number of aromatic nitrogens is 2. The molecule has 0 atom stereocenters. The third-order valence-corrected chi connectivity index (χ3v) is 5.31. The van der Waals surface area contributed by atoms with Crippen LogP contribution in [0.2, 0.25) is 0 Å². The quantitative estimate of drug-likeness (QED) is 0.863. The highest BCUT2D eigenvalue weighted by Gasteiger charge is 2.25. The third kappa shape index (κ3) is 4.21. The van der Waals surface area contributed by atoms with Gasteiger partial charge in [-0.15, -0.1) is 0 Å². The molecule has 1 N–H and O–H groups in total. The summed E-state index contributed by atoms with van der Waals surface area (Å²) in [6.45, 7) is 5.43. The Morgan fingerprint density at radius 3 is 2.52 bits per heavy atom. The van der Waals surface area contributed by atoms with Crippen LogP contribution in [0.15, 0.2) is 30.6 Å². The molecule has 8 nitrogen and oxygen atoms in total. The summed E-state index contributed by atoms with van der Waals surface area (Å²) in [4.78, 5) is 35.1. The molecule has 27 heavy (non-hydrogen) atoms. The molecular formula is C19H26N6O2. The van der Waals surface area contributed by atoms with Gasteiger partial charge in [0.1, 0.15) is 5.65 Å². The van der Waals surface area contributed by atoms with E-state index >= 15 is 0 Å². The van der Waals surface area contributed by atoms with Gasteiger partial charge in [0.2, 0.25) is 5.91 Å². The molecule has 0 bridgehead atoms. The van der Waals surface area contributed by atoms with Crippen LogP contribution in [-0.4, -0.2) is 81.8 Å². The van der Waals surface area contributed by atoms with Gasteiger partial charge in [0, 0.05) is 51.7 Å². The van der Waals surface area contributed by atoms with E-state index in [9.17, 15) is 9.59 Å². The Balaban J connectivity index is 1.22. The highest BCUT2D eigenvalue weighted by atomic mass is 16.2. The second kappa shape index (κ2) is 7.96. The SMILES string of the molecule is O=C(CN1CCN(C(=O)NCc2cn3ccccc3n2)CC1)N1CCCC1. The number of hydrogen-bond acceptors (Lipinski definition) is 4. The summed E-state index contributed by atoms with van der Waals surface area (Å²) in [6, 6.07) is 5.76. The largest absolute Gasteiger partial charge is 0.342 e. The van der Waals surface area contributed by atoms with Gasteiger partial charge in [-0.3, -0.25) is 9.69 Å². The predicted molar refractivity (Wildman–Crippen MR) is 101 cm³/mol. The minimum absolute atomic E-state index is 0.0717. The van der Waals surface area contributed by atoms with E-state index in [1.54, 1.807) is 0 Å². The van der Waals surface area contributed by atoms with Gasteiger partial charge in [0.05, 0.1) is 18.8 Å². The average molecular weight is 370 g/mol. The first-order chi connectivity index (χ1) is 13.2. The van der Waals surface area contributed by atoms with E-state index in [1.807, 2.05) is 44.8 Å². The number of hydrogen-bond donors (Lipinski definition) is 1. The lowest BCUT2D eigenvalue weighted by atomic mass is 10.3. The van der Waals surface area contributed by atoms with E-state index in [2.05, 4.69) is 15.2 Å². The molecule has 2 aliphatic rings. The highest BCUT2D eigenvalue weighted by molar-refractivity contribution is 5.78.